The molecule has 1 rings (SSSR count). The van der Waals surface area contributed by atoms with Crippen molar-refractivity contribution in [2.24, 2.45) is 10.9 Å². The molecule has 1 atom stereocenters. The summed E-state index contributed by atoms with van der Waals surface area (Å²) < 4.78 is 11.0. The third-order valence-corrected chi connectivity index (χ3v) is 3.63. The third-order valence-electron chi connectivity index (χ3n) is 3.63. The predicted molar refractivity (Wildman–Crippen MR) is 116 cm³/mol. The van der Waals surface area contributed by atoms with Gasteiger partial charge in [-0.05, 0) is 26.7 Å². The standard InChI is InChI=1S/C18H36N4O3.HI/c1-6-19-18(20-8-7-17(23)25-15(4)5)21-11-16-13-22(9-10-24-16)12-14(2)3;/h14-16H,6-13H2,1-5H3,(H2,19,20,21);1H. The van der Waals surface area contributed by atoms with Crippen LogP contribution in [0.2, 0.25) is 0 Å². The first-order valence-corrected chi connectivity index (χ1v) is 9.46. The summed E-state index contributed by atoms with van der Waals surface area (Å²) in [6.45, 7) is 15.9. The van der Waals surface area contributed by atoms with E-state index in [9.17, 15) is 4.79 Å². The zero-order chi connectivity index (χ0) is 18.7. The lowest BCUT2D eigenvalue weighted by molar-refractivity contribution is -0.147. The van der Waals surface area contributed by atoms with E-state index in [1.807, 2.05) is 20.8 Å². The summed E-state index contributed by atoms with van der Waals surface area (Å²) in [6.07, 6.45) is 0.366. The smallest absolute Gasteiger partial charge is 0.307 e. The molecule has 0 aromatic rings. The largest absolute Gasteiger partial charge is 0.463 e. The van der Waals surface area contributed by atoms with Gasteiger partial charge in [0.1, 0.15) is 0 Å². The Kier molecular flexibility index (Phi) is 14.1. The number of halogens is 1. The number of ether oxygens (including phenoxy) is 2. The van der Waals surface area contributed by atoms with Gasteiger partial charge in [-0.2, -0.15) is 0 Å². The molecule has 0 aliphatic carbocycles. The van der Waals surface area contributed by atoms with Gasteiger partial charge in [0.05, 0.1) is 31.8 Å². The Morgan fingerprint density at radius 1 is 1.31 bits per heavy atom. The number of hydrogen-bond acceptors (Lipinski definition) is 5. The summed E-state index contributed by atoms with van der Waals surface area (Å²) in [5, 5.41) is 6.37. The molecule has 1 unspecified atom stereocenters. The fourth-order valence-corrected chi connectivity index (χ4v) is 2.71. The molecule has 0 aromatic heterocycles. The van der Waals surface area contributed by atoms with Crippen LogP contribution >= 0.6 is 24.0 Å². The van der Waals surface area contributed by atoms with Crippen LogP contribution in [0.4, 0.5) is 0 Å². The summed E-state index contributed by atoms with van der Waals surface area (Å²) in [5.74, 6) is 1.18. The van der Waals surface area contributed by atoms with Gasteiger partial charge >= 0.3 is 5.97 Å². The van der Waals surface area contributed by atoms with E-state index in [1.165, 1.54) is 0 Å². The Bertz CT molecular complexity index is 419. The van der Waals surface area contributed by atoms with Crippen molar-refractivity contribution in [1.82, 2.24) is 15.5 Å². The van der Waals surface area contributed by atoms with Crippen LogP contribution < -0.4 is 10.6 Å². The zero-order valence-corrected chi connectivity index (χ0v) is 19.2. The van der Waals surface area contributed by atoms with Crippen LogP contribution in [0.5, 0.6) is 0 Å². The molecule has 1 heterocycles. The Balaban J connectivity index is 0.00000625. The van der Waals surface area contributed by atoms with Crippen LogP contribution in [0.25, 0.3) is 0 Å². The first kappa shape index (κ1) is 25.4. The predicted octanol–water partition coefficient (Wildman–Crippen LogP) is 1.86. The van der Waals surface area contributed by atoms with Gasteiger partial charge in [-0.3, -0.25) is 14.7 Å². The maximum atomic E-state index is 11.6. The molecule has 8 heteroatoms. The highest BCUT2D eigenvalue weighted by atomic mass is 127. The number of rotatable bonds is 9. The van der Waals surface area contributed by atoms with Gasteiger partial charge in [-0.15, -0.1) is 24.0 Å². The van der Waals surface area contributed by atoms with E-state index in [0.29, 0.717) is 31.4 Å². The minimum atomic E-state index is -0.196. The van der Waals surface area contributed by atoms with Gasteiger partial charge in [0.15, 0.2) is 5.96 Å². The minimum Gasteiger partial charge on any atom is -0.463 e. The minimum absolute atomic E-state index is 0. The number of hydrogen-bond donors (Lipinski definition) is 2. The number of nitrogens with one attached hydrogen (secondary N) is 2. The van der Waals surface area contributed by atoms with E-state index in [0.717, 1.165) is 32.8 Å². The fraction of sp³-hybridized carbons (Fsp3) is 0.889. The van der Waals surface area contributed by atoms with E-state index in [4.69, 9.17) is 9.47 Å². The SMILES string of the molecule is CCNC(=NCC1CN(CC(C)C)CCO1)NCCC(=O)OC(C)C.I. The lowest BCUT2D eigenvalue weighted by Gasteiger charge is -2.33. The molecular formula is C18H37IN4O3. The molecule has 1 saturated heterocycles. The second kappa shape index (κ2) is 14.4. The molecule has 0 bridgehead atoms. The van der Waals surface area contributed by atoms with Crippen molar-refractivity contribution in [1.29, 1.82) is 0 Å². The van der Waals surface area contributed by atoms with Crippen LogP contribution in [0.3, 0.4) is 0 Å². The van der Waals surface area contributed by atoms with Crippen LogP contribution in [0, 0.1) is 5.92 Å². The van der Waals surface area contributed by atoms with Gasteiger partial charge in [-0.1, -0.05) is 13.8 Å². The van der Waals surface area contributed by atoms with Gasteiger partial charge in [0.25, 0.3) is 0 Å². The Morgan fingerprint density at radius 2 is 2.04 bits per heavy atom. The average Bonchev–Trinajstić information content (AvgIpc) is 2.51. The third kappa shape index (κ3) is 11.9. The summed E-state index contributed by atoms with van der Waals surface area (Å²) in [6, 6.07) is 0. The molecule has 26 heavy (non-hydrogen) atoms. The van der Waals surface area contributed by atoms with E-state index < -0.39 is 0 Å². The highest BCUT2D eigenvalue weighted by molar-refractivity contribution is 14.0. The van der Waals surface area contributed by atoms with E-state index in [2.05, 4.69) is 34.4 Å². The molecule has 2 N–H and O–H groups in total. The number of aliphatic imine (C=N–C) groups is 1. The van der Waals surface area contributed by atoms with Gasteiger partial charge in [0.2, 0.25) is 0 Å². The Labute approximate surface area is 175 Å². The van der Waals surface area contributed by atoms with Gasteiger partial charge < -0.3 is 20.1 Å². The Hall–Kier alpha value is -0.610. The monoisotopic (exact) mass is 484 g/mol. The highest BCUT2D eigenvalue weighted by Crippen LogP contribution is 2.08. The molecule has 1 fully saturated rings. The van der Waals surface area contributed by atoms with E-state index >= 15 is 0 Å². The molecule has 0 saturated carbocycles. The van der Waals surface area contributed by atoms with Crippen molar-refractivity contribution in [3.05, 3.63) is 0 Å². The van der Waals surface area contributed by atoms with Crippen LogP contribution in [0.1, 0.15) is 41.0 Å². The molecule has 7 nitrogen and oxygen atoms in total. The molecular weight excluding hydrogens is 447 g/mol. The van der Waals surface area contributed by atoms with Crippen molar-refractivity contribution in [3.8, 4) is 0 Å². The molecule has 0 amide bonds. The number of guanidine groups is 1. The number of carbonyl (C=O) groups is 1. The second-order valence-electron chi connectivity index (χ2n) is 7.08. The lowest BCUT2D eigenvalue weighted by Crippen LogP contribution is -2.46. The van der Waals surface area contributed by atoms with Gasteiger partial charge in [-0.25, -0.2) is 0 Å². The highest BCUT2D eigenvalue weighted by Gasteiger charge is 2.20. The molecule has 0 spiro atoms. The summed E-state index contributed by atoms with van der Waals surface area (Å²) >= 11 is 0. The molecule has 0 radical (unpaired) electrons. The summed E-state index contributed by atoms with van der Waals surface area (Å²) in [5.41, 5.74) is 0. The summed E-state index contributed by atoms with van der Waals surface area (Å²) in [4.78, 5) is 18.6. The average molecular weight is 484 g/mol. The van der Waals surface area contributed by atoms with Crippen LogP contribution in [-0.4, -0.2) is 74.9 Å². The normalized spacial score (nSPS) is 18.6. The lowest BCUT2D eigenvalue weighted by atomic mass is 10.2. The van der Waals surface area contributed by atoms with Crippen molar-refractivity contribution in [2.75, 3.05) is 45.9 Å². The zero-order valence-electron chi connectivity index (χ0n) is 16.9. The molecule has 0 aromatic carbocycles. The maximum Gasteiger partial charge on any atom is 0.307 e. The quantitative estimate of drug-likeness (QED) is 0.225. The molecule has 154 valence electrons. The number of esters is 1. The van der Waals surface area contributed by atoms with Crippen molar-refractivity contribution in [3.63, 3.8) is 0 Å². The second-order valence-corrected chi connectivity index (χ2v) is 7.08. The van der Waals surface area contributed by atoms with Crippen LogP contribution in [0.15, 0.2) is 4.99 Å². The molecule has 1 aliphatic heterocycles. The van der Waals surface area contributed by atoms with Crippen molar-refractivity contribution >= 4 is 35.9 Å². The van der Waals surface area contributed by atoms with E-state index in [1.54, 1.807) is 0 Å². The first-order valence-electron chi connectivity index (χ1n) is 9.46. The fourth-order valence-electron chi connectivity index (χ4n) is 2.71. The van der Waals surface area contributed by atoms with Crippen molar-refractivity contribution < 1.29 is 14.3 Å². The number of morpholine rings is 1. The van der Waals surface area contributed by atoms with E-state index in [-0.39, 0.29) is 42.2 Å². The Morgan fingerprint density at radius 3 is 2.65 bits per heavy atom. The van der Waals surface area contributed by atoms with Crippen LogP contribution in [-0.2, 0) is 14.3 Å². The van der Waals surface area contributed by atoms with Gasteiger partial charge in [0, 0.05) is 32.7 Å². The van der Waals surface area contributed by atoms with Crippen molar-refractivity contribution in [2.45, 2.75) is 53.2 Å². The number of nitrogens with zero attached hydrogens (tertiary/aromatic N) is 2. The summed E-state index contributed by atoms with van der Waals surface area (Å²) in [7, 11) is 0. The first-order chi connectivity index (χ1) is 11.9. The molecule has 1 aliphatic rings. The maximum absolute atomic E-state index is 11.6. The topological polar surface area (TPSA) is 75.2 Å². The number of carbonyl (C=O) groups excluding carboxylic acids is 1.